The summed E-state index contributed by atoms with van der Waals surface area (Å²) in [4.78, 5) is 25.9. The average molecular weight is 413 g/mol. The molecule has 1 heterocycles. The number of carbonyl (C=O) groups excluding carboxylic acids is 2. The molecular weight excluding hydrogens is 390 g/mol. The van der Waals surface area contributed by atoms with E-state index in [4.69, 9.17) is 14.2 Å². The van der Waals surface area contributed by atoms with Crippen LogP contribution in [0, 0.1) is 0 Å². The second-order valence-electron chi connectivity index (χ2n) is 6.41. The van der Waals surface area contributed by atoms with E-state index in [1.165, 1.54) is 25.5 Å². The Bertz CT molecular complexity index is 925. The van der Waals surface area contributed by atoms with Gasteiger partial charge < -0.3 is 24.2 Å². The quantitative estimate of drug-likeness (QED) is 0.525. The molecule has 0 spiro atoms. The molecule has 1 fully saturated rings. The summed E-state index contributed by atoms with van der Waals surface area (Å²) in [6, 6.07) is 11.2. The SMILES string of the molecule is COc1cc(/C=N/NC(=O)c2ccccc2O)ccc1OCC(=O)N1CCOCC1. The lowest BCUT2D eigenvalue weighted by molar-refractivity contribution is -0.137. The van der Waals surface area contributed by atoms with E-state index in [0.717, 1.165) is 0 Å². The van der Waals surface area contributed by atoms with Crippen LogP contribution >= 0.6 is 0 Å². The molecule has 0 saturated carbocycles. The number of nitrogens with zero attached hydrogens (tertiary/aromatic N) is 2. The first-order chi connectivity index (χ1) is 14.6. The van der Waals surface area contributed by atoms with Gasteiger partial charge in [-0.05, 0) is 35.9 Å². The van der Waals surface area contributed by atoms with Crippen molar-refractivity contribution in [2.45, 2.75) is 0 Å². The zero-order chi connectivity index (χ0) is 21.3. The summed E-state index contributed by atoms with van der Waals surface area (Å²) < 4.78 is 16.2. The molecule has 158 valence electrons. The van der Waals surface area contributed by atoms with E-state index in [1.54, 1.807) is 35.2 Å². The second-order valence-corrected chi connectivity index (χ2v) is 6.41. The summed E-state index contributed by atoms with van der Waals surface area (Å²) in [5, 5.41) is 13.6. The first kappa shape index (κ1) is 21.1. The van der Waals surface area contributed by atoms with Gasteiger partial charge in [0.05, 0.1) is 32.1 Å². The van der Waals surface area contributed by atoms with Gasteiger partial charge in [0.15, 0.2) is 18.1 Å². The predicted octanol–water partition coefficient (Wildman–Crippen LogP) is 1.40. The molecule has 9 nitrogen and oxygen atoms in total. The van der Waals surface area contributed by atoms with Gasteiger partial charge in [0.2, 0.25) is 0 Å². The Labute approximate surface area is 173 Å². The number of ether oxygens (including phenoxy) is 3. The molecule has 0 aromatic heterocycles. The third-order valence-electron chi connectivity index (χ3n) is 4.43. The average Bonchev–Trinajstić information content (AvgIpc) is 2.78. The van der Waals surface area contributed by atoms with Gasteiger partial charge >= 0.3 is 0 Å². The van der Waals surface area contributed by atoms with Gasteiger partial charge in [-0.1, -0.05) is 12.1 Å². The van der Waals surface area contributed by atoms with E-state index < -0.39 is 5.91 Å². The maximum atomic E-state index is 12.2. The van der Waals surface area contributed by atoms with Crippen LogP contribution in [0.1, 0.15) is 15.9 Å². The molecule has 1 saturated heterocycles. The highest BCUT2D eigenvalue weighted by Gasteiger charge is 2.18. The molecule has 0 radical (unpaired) electrons. The Balaban J connectivity index is 1.58. The summed E-state index contributed by atoms with van der Waals surface area (Å²) in [5.41, 5.74) is 3.13. The lowest BCUT2D eigenvalue weighted by atomic mass is 10.2. The Hall–Kier alpha value is -3.59. The second kappa shape index (κ2) is 10.3. The highest BCUT2D eigenvalue weighted by molar-refractivity contribution is 5.97. The topological polar surface area (TPSA) is 110 Å². The fourth-order valence-corrected chi connectivity index (χ4v) is 2.82. The summed E-state index contributed by atoms with van der Waals surface area (Å²) in [6.07, 6.45) is 1.43. The predicted molar refractivity (Wildman–Crippen MR) is 109 cm³/mol. The molecule has 0 atom stereocenters. The van der Waals surface area contributed by atoms with Crippen molar-refractivity contribution in [1.82, 2.24) is 10.3 Å². The van der Waals surface area contributed by atoms with Crippen molar-refractivity contribution < 1.29 is 28.9 Å². The summed E-state index contributed by atoms with van der Waals surface area (Å²) in [6.45, 7) is 2.08. The van der Waals surface area contributed by atoms with Crippen molar-refractivity contribution in [3.05, 3.63) is 53.6 Å². The molecular formula is C21H23N3O6. The number of benzene rings is 2. The van der Waals surface area contributed by atoms with Crippen LogP contribution in [0.4, 0.5) is 0 Å². The zero-order valence-electron chi connectivity index (χ0n) is 16.5. The van der Waals surface area contributed by atoms with Crippen molar-refractivity contribution >= 4 is 18.0 Å². The molecule has 2 aromatic rings. The van der Waals surface area contributed by atoms with Crippen molar-refractivity contribution in [3.63, 3.8) is 0 Å². The first-order valence-electron chi connectivity index (χ1n) is 9.36. The maximum Gasteiger partial charge on any atom is 0.275 e. The molecule has 9 heteroatoms. The number of morpholine rings is 1. The van der Waals surface area contributed by atoms with E-state index in [-0.39, 0.29) is 23.8 Å². The van der Waals surface area contributed by atoms with E-state index in [9.17, 15) is 14.7 Å². The van der Waals surface area contributed by atoms with Crippen LogP contribution in [0.5, 0.6) is 17.2 Å². The number of rotatable bonds is 7. The number of para-hydroxylation sites is 1. The van der Waals surface area contributed by atoms with Crippen LogP contribution in [-0.2, 0) is 9.53 Å². The number of phenols is 1. The number of methoxy groups -OCH3 is 1. The van der Waals surface area contributed by atoms with Crippen LogP contribution in [-0.4, -0.2) is 68.1 Å². The highest BCUT2D eigenvalue weighted by Crippen LogP contribution is 2.27. The Morgan fingerprint density at radius 2 is 1.97 bits per heavy atom. The van der Waals surface area contributed by atoms with Gasteiger partial charge in [-0.3, -0.25) is 9.59 Å². The fourth-order valence-electron chi connectivity index (χ4n) is 2.82. The molecule has 0 unspecified atom stereocenters. The molecule has 0 bridgehead atoms. The molecule has 1 aliphatic rings. The Morgan fingerprint density at radius 3 is 2.70 bits per heavy atom. The summed E-state index contributed by atoms with van der Waals surface area (Å²) in [7, 11) is 1.49. The molecule has 0 aliphatic carbocycles. The molecule has 2 aromatic carbocycles. The van der Waals surface area contributed by atoms with Crippen LogP contribution in [0.25, 0.3) is 0 Å². The standard InChI is InChI=1S/C21H23N3O6/c1-28-19-12-15(13-22-23-21(27)16-4-2-3-5-17(16)25)6-7-18(19)30-14-20(26)24-8-10-29-11-9-24/h2-7,12-13,25H,8-11,14H2,1H3,(H,23,27)/b22-13+. The minimum Gasteiger partial charge on any atom is -0.507 e. The third-order valence-corrected chi connectivity index (χ3v) is 4.43. The van der Waals surface area contributed by atoms with Crippen LogP contribution < -0.4 is 14.9 Å². The van der Waals surface area contributed by atoms with Gasteiger partial charge in [0.1, 0.15) is 5.75 Å². The van der Waals surface area contributed by atoms with Crippen LogP contribution in [0.3, 0.4) is 0 Å². The Morgan fingerprint density at radius 1 is 1.20 bits per heavy atom. The minimum absolute atomic E-state index is 0.0968. The van der Waals surface area contributed by atoms with Crippen molar-refractivity contribution in [3.8, 4) is 17.2 Å². The van der Waals surface area contributed by atoms with Gasteiger partial charge in [-0.25, -0.2) is 5.43 Å². The monoisotopic (exact) mass is 413 g/mol. The summed E-state index contributed by atoms with van der Waals surface area (Å²) >= 11 is 0. The number of amides is 2. The molecule has 3 rings (SSSR count). The lowest BCUT2D eigenvalue weighted by Gasteiger charge is -2.26. The molecule has 2 N–H and O–H groups in total. The molecule has 1 aliphatic heterocycles. The smallest absolute Gasteiger partial charge is 0.275 e. The Kier molecular flexibility index (Phi) is 7.23. The van der Waals surface area contributed by atoms with E-state index >= 15 is 0 Å². The fraction of sp³-hybridized carbons (Fsp3) is 0.286. The van der Waals surface area contributed by atoms with Crippen molar-refractivity contribution in [2.24, 2.45) is 5.10 Å². The van der Waals surface area contributed by atoms with Gasteiger partial charge in [0.25, 0.3) is 11.8 Å². The van der Waals surface area contributed by atoms with Crippen LogP contribution in [0.2, 0.25) is 0 Å². The first-order valence-corrected chi connectivity index (χ1v) is 9.36. The highest BCUT2D eigenvalue weighted by atomic mass is 16.5. The van der Waals surface area contributed by atoms with Gasteiger partial charge in [-0.2, -0.15) is 5.10 Å². The van der Waals surface area contributed by atoms with E-state index in [2.05, 4.69) is 10.5 Å². The van der Waals surface area contributed by atoms with E-state index in [0.29, 0.717) is 43.4 Å². The normalized spacial score (nSPS) is 13.8. The molecule has 30 heavy (non-hydrogen) atoms. The molecule has 2 amide bonds. The number of phenolic OH excluding ortho intramolecular Hbond substituents is 1. The van der Waals surface area contributed by atoms with Crippen molar-refractivity contribution in [2.75, 3.05) is 40.0 Å². The number of hydrogen-bond donors (Lipinski definition) is 2. The number of nitrogens with one attached hydrogen (secondary N) is 1. The van der Waals surface area contributed by atoms with Gasteiger partial charge in [0, 0.05) is 13.1 Å². The number of hydrazone groups is 1. The largest absolute Gasteiger partial charge is 0.507 e. The summed E-state index contributed by atoms with van der Waals surface area (Å²) in [5.74, 6) is 0.0889. The van der Waals surface area contributed by atoms with Crippen LogP contribution in [0.15, 0.2) is 47.6 Å². The number of aromatic hydroxyl groups is 1. The van der Waals surface area contributed by atoms with E-state index in [1.807, 2.05) is 0 Å². The number of carbonyl (C=O) groups is 2. The lowest BCUT2D eigenvalue weighted by Crippen LogP contribution is -2.43. The van der Waals surface area contributed by atoms with Gasteiger partial charge in [-0.15, -0.1) is 0 Å². The maximum absolute atomic E-state index is 12.2. The minimum atomic E-state index is -0.530. The van der Waals surface area contributed by atoms with Crippen molar-refractivity contribution in [1.29, 1.82) is 0 Å². The number of hydrogen-bond acceptors (Lipinski definition) is 7. The third kappa shape index (κ3) is 5.48. The zero-order valence-corrected chi connectivity index (χ0v) is 16.5.